The van der Waals surface area contributed by atoms with Gasteiger partial charge in [0, 0.05) is 0 Å². The third kappa shape index (κ3) is 1.08. The molecule has 1 atom stereocenters. The smallest absolute Gasteiger partial charge is 0.326 e. The molecule has 0 spiro atoms. The van der Waals surface area contributed by atoms with Crippen LogP contribution >= 0.6 is 0 Å². The van der Waals surface area contributed by atoms with E-state index in [1.165, 1.54) is 6.92 Å². The van der Waals surface area contributed by atoms with E-state index in [4.69, 9.17) is 0 Å². The largest absolute Gasteiger partial charge is 0.465 e. The van der Waals surface area contributed by atoms with Gasteiger partial charge in [-0.3, -0.25) is 9.59 Å². The summed E-state index contributed by atoms with van der Waals surface area (Å²) in [7, 11) is 0. The molecule has 1 aliphatic rings. The van der Waals surface area contributed by atoms with Crippen molar-refractivity contribution in [1.29, 1.82) is 0 Å². The zero-order valence-electron chi connectivity index (χ0n) is 6.55. The molecule has 1 saturated heterocycles. The maximum absolute atomic E-state index is 11.0. The first-order chi connectivity index (χ1) is 5.11. The SMILES string of the molecule is CCOC(=O)C1(C)COC1=O. The average Bonchev–Trinajstić information content (AvgIpc) is 2.01. The van der Waals surface area contributed by atoms with Crippen molar-refractivity contribution in [3.8, 4) is 0 Å². The Morgan fingerprint density at radius 2 is 2.45 bits per heavy atom. The maximum Gasteiger partial charge on any atom is 0.326 e. The third-order valence-electron chi connectivity index (χ3n) is 1.67. The summed E-state index contributed by atoms with van der Waals surface area (Å²) in [4.78, 5) is 21.8. The second kappa shape index (κ2) is 2.53. The highest BCUT2D eigenvalue weighted by atomic mass is 16.6. The zero-order valence-corrected chi connectivity index (χ0v) is 6.55. The Kier molecular flexibility index (Phi) is 1.85. The lowest BCUT2D eigenvalue weighted by Crippen LogP contribution is -2.52. The monoisotopic (exact) mass is 158 g/mol. The number of rotatable bonds is 2. The van der Waals surface area contributed by atoms with Crippen molar-refractivity contribution in [2.75, 3.05) is 13.2 Å². The first kappa shape index (κ1) is 8.04. The Labute approximate surface area is 64.5 Å². The van der Waals surface area contributed by atoms with Crippen LogP contribution in [-0.4, -0.2) is 25.2 Å². The average molecular weight is 158 g/mol. The molecule has 0 aromatic heterocycles. The van der Waals surface area contributed by atoms with Gasteiger partial charge in [-0.15, -0.1) is 0 Å². The molecule has 1 unspecified atom stereocenters. The third-order valence-corrected chi connectivity index (χ3v) is 1.67. The van der Waals surface area contributed by atoms with Gasteiger partial charge in [0.25, 0.3) is 0 Å². The molecular formula is C7H10O4. The minimum Gasteiger partial charge on any atom is -0.465 e. The molecule has 0 bridgehead atoms. The van der Waals surface area contributed by atoms with Crippen LogP contribution in [0.3, 0.4) is 0 Å². The fourth-order valence-corrected chi connectivity index (χ4v) is 0.780. The normalized spacial score (nSPS) is 28.7. The first-order valence-corrected chi connectivity index (χ1v) is 3.45. The van der Waals surface area contributed by atoms with Crippen molar-refractivity contribution in [2.45, 2.75) is 13.8 Å². The van der Waals surface area contributed by atoms with E-state index in [2.05, 4.69) is 9.47 Å². The topological polar surface area (TPSA) is 52.6 Å². The second-order valence-electron chi connectivity index (χ2n) is 2.63. The summed E-state index contributed by atoms with van der Waals surface area (Å²) in [6.07, 6.45) is 0. The fraction of sp³-hybridized carbons (Fsp3) is 0.714. The molecule has 1 rings (SSSR count). The molecule has 4 nitrogen and oxygen atoms in total. The number of hydrogen-bond donors (Lipinski definition) is 0. The van der Waals surface area contributed by atoms with E-state index in [0.29, 0.717) is 6.61 Å². The lowest BCUT2D eigenvalue weighted by molar-refractivity contribution is -0.195. The van der Waals surface area contributed by atoms with Gasteiger partial charge in [0.05, 0.1) is 6.61 Å². The molecule has 4 heteroatoms. The first-order valence-electron chi connectivity index (χ1n) is 3.45. The predicted octanol–water partition coefficient (Wildman–Crippen LogP) is 0.113. The van der Waals surface area contributed by atoms with Crippen LogP contribution < -0.4 is 0 Å². The van der Waals surface area contributed by atoms with E-state index in [1.807, 2.05) is 0 Å². The Morgan fingerprint density at radius 1 is 1.82 bits per heavy atom. The van der Waals surface area contributed by atoms with Crippen LogP contribution in [0, 0.1) is 5.41 Å². The van der Waals surface area contributed by atoms with Crippen LogP contribution in [0.1, 0.15) is 13.8 Å². The van der Waals surface area contributed by atoms with Gasteiger partial charge in [0.15, 0.2) is 5.41 Å². The van der Waals surface area contributed by atoms with Crippen LogP contribution in [0.2, 0.25) is 0 Å². The highest BCUT2D eigenvalue weighted by Gasteiger charge is 2.53. The van der Waals surface area contributed by atoms with Crippen LogP contribution in [0.15, 0.2) is 0 Å². The van der Waals surface area contributed by atoms with Crippen molar-refractivity contribution >= 4 is 11.9 Å². The Morgan fingerprint density at radius 3 is 2.73 bits per heavy atom. The number of esters is 2. The summed E-state index contributed by atoms with van der Waals surface area (Å²) >= 11 is 0. The van der Waals surface area contributed by atoms with Gasteiger partial charge in [0.2, 0.25) is 0 Å². The van der Waals surface area contributed by atoms with E-state index < -0.39 is 17.4 Å². The summed E-state index contributed by atoms with van der Waals surface area (Å²) in [6, 6.07) is 0. The van der Waals surface area contributed by atoms with Crippen molar-refractivity contribution < 1.29 is 19.1 Å². The predicted molar refractivity (Wildman–Crippen MR) is 35.7 cm³/mol. The summed E-state index contributed by atoms with van der Waals surface area (Å²) in [5.41, 5.74) is -1.03. The zero-order chi connectivity index (χ0) is 8.48. The van der Waals surface area contributed by atoms with Gasteiger partial charge in [-0.2, -0.15) is 0 Å². The van der Waals surface area contributed by atoms with Crippen LogP contribution in [0.25, 0.3) is 0 Å². The molecule has 0 radical (unpaired) electrons. The Bertz CT molecular complexity index is 199. The number of ether oxygens (including phenoxy) is 2. The molecule has 0 aromatic carbocycles. The number of carbonyl (C=O) groups is 2. The molecule has 1 fully saturated rings. The second-order valence-corrected chi connectivity index (χ2v) is 2.63. The lowest BCUT2D eigenvalue weighted by Gasteiger charge is -2.32. The quantitative estimate of drug-likeness (QED) is 0.423. The molecule has 0 aliphatic carbocycles. The van der Waals surface area contributed by atoms with Crippen molar-refractivity contribution in [1.82, 2.24) is 0 Å². The van der Waals surface area contributed by atoms with Gasteiger partial charge in [-0.25, -0.2) is 0 Å². The summed E-state index contributed by atoms with van der Waals surface area (Å²) < 4.78 is 9.15. The van der Waals surface area contributed by atoms with E-state index in [1.54, 1.807) is 6.92 Å². The number of cyclic esters (lactones) is 1. The van der Waals surface area contributed by atoms with Gasteiger partial charge < -0.3 is 9.47 Å². The maximum atomic E-state index is 11.0. The van der Waals surface area contributed by atoms with E-state index in [9.17, 15) is 9.59 Å². The van der Waals surface area contributed by atoms with Crippen LogP contribution in [-0.2, 0) is 19.1 Å². The van der Waals surface area contributed by atoms with Crippen LogP contribution in [0.4, 0.5) is 0 Å². The molecule has 0 amide bonds. The molecule has 1 heterocycles. The van der Waals surface area contributed by atoms with E-state index >= 15 is 0 Å². The van der Waals surface area contributed by atoms with Gasteiger partial charge in [0.1, 0.15) is 6.61 Å². The van der Waals surface area contributed by atoms with Gasteiger partial charge in [-0.1, -0.05) is 0 Å². The number of carbonyl (C=O) groups excluding carboxylic acids is 2. The van der Waals surface area contributed by atoms with E-state index in [-0.39, 0.29) is 6.61 Å². The highest BCUT2D eigenvalue weighted by Crippen LogP contribution is 2.29. The molecule has 0 saturated carbocycles. The van der Waals surface area contributed by atoms with Crippen LogP contribution in [0.5, 0.6) is 0 Å². The van der Waals surface area contributed by atoms with Crippen molar-refractivity contribution in [2.24, 2.45) is 5.41 Å². The summed E-state index contributed by atoms with van der Waals surface area (Å²) in [5.74, 6) is -0.979. The van der Waals surface area contributed by atoms with Crippen molar-refractivity contribution in [3.63, 3.8) is 0 Å². The van der Waals surface area contributed by atoms with E-state index in [0.717, 1.165) is 0 Å². The van der Waals surface area contributed by atoms with Gasteiger partial charge in [-0.05, 0) is 13.8 Å². The minimum absolute atomic E-state index is 0.144. The lowest BCUT2D eigenvalue weighted by atomic mass is 9.88. The highest BCUT2D eigenvalue weighted by molar-refractivity contribution is 6.03. The minimum atomic E-state index is -1.03. The molecule has 62 valence electrons. The molecular weight excluding hydrogens is 148 g/mol. The standard InChI is InChI=1S/C7H10O4/c1-3-10-5(8)7(2)4-11-6(7)9/h3-4H2,1-2H3. The molecule has 1 aliphatic heterocycles. The molecule has 0 N–H and O–H groups in total. The summed E-state index contributed by atoms with van der Waals surface area (Å²) in [6.45, 7) is 3.66. The fourth-order valence-electron chi connectivity index (χ4n) is 0.780. The Balaban J connectivity index is 2.58. The Hall–Kier alpha value is -1.06. The summed E-state index contributed by atoms with van der Waals surface area (Å²) in [5, 5.41) is 0. The van der Waals surface area contributed by atoms with Gasteiger partial charge >= 0.3 is 11.9 Å². The number of hydrogen-bond acceptors (Lipinski definition) is 4. The molecule has 0 aromatic rings. The van der Waals surface area contributed by atoms with Crippen molar-refractivity contribution in [3.05, 3.63) is 0 Å². The molecule has 11 heavy (non-hydrogen) atoms.